The zero-order chi connectivity index (χ0) is 18.8. The fourth-order valence-electron chi connectivity index (χ4n) is 2.72. The molecule has 4 aromatic rings. The summed E-state index contributed by atoms with van der Waals surface area (Å²) in [6.45, 7) is 2.27. The monoisotopic (exact) mass is 380 g/mol. The molecule has 0 saturated carbocycles. The van der Waals surface area contributed by atoms with Crippen LogP contribution in [0.3, 0.4) is 0 Å². The Balaban J connectivity index is 1.81. The van der Waals surface area contributed by atoms with Crippen LogP contribution in [0.1, 0.15) is 21.8 Å². The number of nitrogens with zero attached hydrogens (tertiary/aromatic N) is 4. The Hall–Kier alpha value is -3.26. The average molecular weight is 380 g/mol. The number of rotatable bonds is 5. The third kappa shape index (κ3) is 3.26. The number of thiazole rings is 1. The van der Waals surface area contributed by atoms with Crippen molar-refractivity contribution in [3.05, 3.63) is 65.8 Å². The second-order valence-electron chi connectivity index (χ2n) is 5.85. The van der Waals surface area contributed by atoms with E-state index in [0.29, 0.717) is 10.9 Å². The highest BCUT2D eigenvalue weighted by Gasteiger charge is 2.25. The minimum absolute atomic E-state index is 0.147. The van der Waals surface area contributed by atoms with Gasteiger partial charge in [-0.05, 0) is 30.7 Å². The van der Waals surface area contributed by atoms with Crippen LogP contribution >= 0.6 is 11.3 Å². The van der Waals surface area contributed by atoms with Gasteiger partial charge in [0.2, 0.25) is 5.76 Å². The lowest BCUT2D eigenvalue weighted by molar-refractivity contribution is 0.0949. The van der Waals surface area contributed by atoms with Gasteiger partial charge in [0.1, 0.15) is 11.3 Å². The normalized spacial score (nSPS) is 10.9. The molecule has 4 rings (SSSR count). The zero-order valence-electron chi connectivity index (χ0n) is 14.7. The third-order valence-corrected chi connectivity index (χ3v) is 5.30. The van der Waals surface area contributed by atoms with E-state index in [1.807, 2.05) is 37.3 Å². The summed E-state index contributed by atoms with van der Waals surface area (Å²) in [5.74, 6) is 0.491. The Morgan fingerprint density at radius 2 is 2.11 bits per heavy atom. The Morgan fingerprint density at radius 3 is 2.81 bits per heavy atom. The predicted octanol–water partition coefficient (Wildman–Crippen LogP) is 3.84. The number of aromatic nitrogens is 3. The Kier molecular flexibility index (Phi) is 4.55. The van der Waals surface area contributed by atoms with Gasteiger partial charge in [-0.25, -0.2) is 4.98 Å². The van der Waals surface area contributed by atoms with E-state index < -0.39 is 0 Å². The first-order chi connectivity index (χ1) is 13.2. The van der Waals surface area contributed by atoms with Gasteiger partial charge in [-0.2, -0.15) is 0 Å². The van der Waals surface area contributed by atoms with Gasteiger partial charge >= 0.3 is 0 Å². The summed E-state index contributed by atoms with van der Waals surface area (Å²) in [5, 5.41) is 4.18. The lowest BCUT2D eigenvalue weighted by Crippen LogP contribution is -2.30. The van der Waals surface area contributed by atoms with Crippen molar-refractivity contribution in [3.8, 4) is 5.75 Å². The number of ether oxygens (including phenoxy) is 1. The Labute approximate surface area is 159 Å². The van der Waals surface area contributed by atoms with Gasteiger partial charge in [0.05, 0.1) is 30.2 Å². The number of benzene rings is 1. The molecule has 0 aliphatic rings. The van der Waals surface area contributed by atoms with Crippen molar-refractivity contribution in [1.29, 1.82) is 0 Å². The van der Waals surface area contributed by atoms with Crippen LogP contribution in [0, 0.1) is 6.92 Å². The van der Waals surface area contributed by atoms with E-state index in [1.165, 1.54) is 23.6 Å². The molecule has 7 nitrogen and oxygen atoms in total. The number of hydrogen-bond donors (Lipinski definition) is 0. The number of aryl methyl sites for hydroxylation is 1. The maximum atomic E-state index is 13.0. The summed E-state index contributed by atoms with van der Waals surface area (Å²) < 4.78 is 11.5. The van der Waals surface area contributed by atoms with Crippen LogP contribution in [0.15, 0.2) is 53.3 Å². The van der Waals surface area contributed by atoms with Crippen LogP contribution < -0.4 is 9.64 Å². The molecule has 1 amide bonds. The fourth-order valence-corrected chi connectivity index (χ4v) is 3.77. The summed E-state index contributed by atoms with van der Waals surface area (Å²) in [7, 11) is 1.61. The molecule has 0 fully saturated rings. The highest BCUT2D eigenvalue weighted by molar-refractivity contribution is 7.22. The van der Waals surface area contributed by atoms with Crippen LogP contribution in [0.4, 0.5) is 5.13 Å². The number of amides is 1. The van der Waals surface area contributed by atoms with Crippen molar-refractivity contribution in [2.75, 3.05) is 12.0 Å². The molecule has 27 heavy (non-hydrogen) atoms. The molecule has 0 unspecified atom stereocenters. The predicted molar refractivity (Wildman–Crippen MR) is 102 cm³/mol. The first-order valence-electron chi connectivity index (χ1n) is 8.24. The molecule has 0 spiro atoms. The number of carbonyl (C=O) groups is 1. The molecule has 0 saturated heterocycles. The second-order valence-corrected chi connectivity index (χ2v) is 6.83. The van der Waals surface area contributed by atoms with Gasteiger partial charge in [-0.3, -0.25) is 14.7 Å². The first kappa shape index (κ1) is 17.2. The molecule has 0 bridgehead atoms. The standard InChI is InChI=1S/C19H16N4O3S/c1-12-6-7-14(25-2)16-17(12)27-19(22-16)23(11-13-5-3-4-9-20-13)18(24)15-8-10-21-26-15/h3-10H,11H2,1-2H3. The third-order valence-electron chi connectivity index (χ3n) is 4.08. The van der Waals surface area contributed by atoms with E-state index in [9.17, 15) is 4.79 Å². The lowest BCUT2D eigenvalue weighted by Gasteiger charge is -2.17. The minimum atomic E-state index is -0.325. The van der Waals surface area contributed by atoms with Crippen molar-refractivity contribution < 1.29 is 14.1 Å². The largest absolute Gasteiger partial charge is 0.494 e. The number of hydrogen-bond acceptors (Lipinski definition) is 7. The van der Waals surface area contributed by atoms with E-state index in [4.69, 9.17) is 9.26 Å². The molecule has 136 valence electrons. The van der Waals surface area contributed by atoms with Gasteiger partial charge < -0.3 is 9.26 Å². The highest BCUT2D eigenvalue weighted by Crippen LogP contribution is 2.37. The van der Waals surface area contributed by atoms with Gasteiger partial charge in [0, 0.05) is 12.3 Å². The Morgan fingerprint density at radius 1 is 1.22 bits per heavy atom. The van der Waals surface area contributed by atoms with Crippen LogP contribution in [-0.4, -0.2) is 28.1 Å². The Bertz CT molecular complexity index is 1080. The fraction of sp³-hybridized carbons (Fsp3) is 0.158. The van der Waals surface area contributed by atoms with Gasteiger partial charge in [-0.1, -0.05) is 28.6 Å². The van der Waals surface area contributed by atoms with Crippen LogP contribution in [-0.2, 0) is 6.54 Å². The van der Waals surface area contributed by atoms with Crippen molar-refractivity contribution in [2.24, 2.45) is 0 Å². The maximum Gasteiger partial charge on any atom is 0.299 e. The van der Waals surface area contributed by atoms with Crippen molar-refractivity contribution in [2.45, 2.75) is 13.5 Å². The van der Waals surface area contributed by atoms with Crippen LogP contribution in [0.25, 0.3) is 10.2 Å². The van der Waals surface area contributed by atoms with E-state index in [2.05, 4.69) is 15.1 Å². The molecule has 1 aromatic carbocycles. The van der Waals surface area contributed by atoms with Crippen molar-refractivity contribution in [1.82, 2.24) is 15.1 Å². The molecular weight excluding hydrogens is 364 g/mol. The lowest BCUT2D eigenvalue weighted by atomic mass is 10.2. The van der Waals surface area contributed by atoms with Crippen LogP contribution in [0.2, 0.25) is 0 Å². The van der Waals surface area contributed by atoms with Crippen molar-refractivity contribution in [3.63, 3.8) is 0 Å². The molecular formula is C19H16N4O3S. The molecule has 0 aliphatic heterocycles. The van der Waals surface area contributed by atoms with Gasteiger partial charge in [-0.15, -0.1) is 0 Å². The van der Waals surface area contributed by atoms with E-state index in [-0.39, 0.29) is 18.2 Å². The molecule has 0 radical (unpaired) electrons. The van der Waals surface area contributed by atoms with Crippen molar-refractivity contribution >= 4 is 32.6 Å². The molecule has 3 aromatic heterocycles. The molecule has 8 heteroatoms. The number of fused-ring (bicyclic) bond motifs is 1. The number of carbonyl (C=O) groups excluding carboxylic acids is 1. The molecule has 3 heterocycles. The average Bonchev–Trinajstić information content (AvgIpc) is 3.37. The molecule has 0 aliphatic carbocycles. The number of methoxy groups -OCH3 is 1. The summed E-state index contributed by atoms with van der Waals surface area (Å²) in [6.07, 6.45) is 3.13. The summed E-state index contributed by atoms with van der Waals surface area (Å²) in [4.78, 5) is 23.6. The summed E-state index contributed by atoms with van der Waals surface area (Å²) >= 11 is 1.43. The van der Waals surface area contributed by atoms with E-state index in [1.54, 1.807) is 18.2 Å². The molecule has 0 atom stereocenters. The van der Waals surface area contributed by atoms with Gasteiger partial charge in [0.15, 0.2) is 5.13 Å². The first-order valence-corrected chi connectivity index (χ1v) is 9.05. The summed E-state index contributed by atoms with van der Waals surface area (Å²) in [6, 6.07) is 11.0. The number of anilines is 1. The quantitative estimate of drug-likeness (QED) is 0.523. The summed E-state index contributed by atoms with van der Waals surface area (Å²) in [5.41, 5.74) is 2.54. The SMILES string of the molecule is COc1ccc(C)c2sc(N(Cc3ccccn3)C(=O)c3ccno3)nc12. The maximum absolute atomic E-state index is 13.0. The zero-order valence-corrected chi connectivity index (χ0v) is 15.6. The van der Waals surface area contributed by atoms with E-state index in [0.717, 1.165) is 21.5 Å². The second kappa shape index (κ2) is 7.16. The smallest absolute Gasteiger partial charge is 0.299 e. The highest BCUT2D eigenvalue weighted by atomic mass is 32.1. The molecule has 0 N–H and O–H groups in total. The number of pyridine rings is 1. The minimum Gasteiger partial charge on any atom is -0.494 e. The van der Waals surface area contributed by atoms with E-state index >= 15 is 0 Å². The van der Waals surface area contributed by atoms with Crippen LogP contribution in [0.5, 0.6) is 5.75 Å². The topological polar surface area (TPSA) is 81.4 Å². The van der Waals surface area contributed by atoms with Gasteiger partial charge in [0.25, 0.3) is 5.91 Å².